The Labute approximate surface area is 231 Å². The summed E-state index contributed by atoms with van der Waals surface area (Å²) in [4.78, 5) is 28.4. The summed E-state index contributed by atoms with van der Waals surface area (Å²) in [7, 11) is -3.83. The molecule has 0 aliphatic heterocycles. The van der Waals surface area contributed by atoms with Gasteiger partial charge in [0, 0.05) is 28.7 Å². The van der Waals surface area contributed by atoms with Crippen molar-refractivity contribution in [1.29, 1.82) is 0 Å². The topological polar surface area (TPSA) is 86.8 Å². The van der Waals surface area contributed by atoms with Gasteiger partial charge < -0.3 is 10.2 Å². The number of hydrogen-bond donors (Lipinski definition) is 1. The van der Waals surface area contributed by atoms with E-state index in [2.05, 4.69) is 5.32 Å². The van der Waals surface area contributed by atoms with E-state index in [4.69, 9.17) is 23.2 Å². The van der Waals surface area contributed by atoms with Crippen molar-refractivity contribution in [3.63, 3.8) is 0 Å². The molecule has 0 unspecified atom stereocenters. The van der Waals surface area contributed by atoms with Crippen LogP contribution in [0.1, 0.15) is 58.1 Å². The highest BCUT2D eigenvalue weighted by Crippen LogP contribution is 2.30. The summed E-state index contributed by atoms with van der Waals surface area (Å²) in [6, 6.07) is 11.3. The molecule has 0 fully saturated rings. The van der Waals surface area contributed by atoms with E-state index in [1.165, 1.54) is 4.90 Å². The van der Waals surface area contributed by atoms with E-state index >= 15 is 0 Å². The van der Waals surface area contributed by atoms with Crippen molar-refractivity contribution in [1.82, 2.24) is 10.2 Å². The van der Waals surface area contributed by atoms with Crippen LogP contribution in [-0.2, 0) is 26.2 Å². The van der Waals surface area contributed by atoms with Gasteiger partial charge in [-0.1, -0.05) is 82.1 Å². The molecule has 7 nitrogen and oxygen atoms in total. The quantitative estimate of drug-likeness (QED) is 0.367. The Balaban J connectivity index is 2.55. The van der Waals surface area contributed by atoms with Crippen molar-refractivity contribution >= 4 is 50.7 Å². The molecular weight excluding hydrogens is 533 g/mol. The zero-order valence-corrected chi connectivity index (χ0v) is 24.6. The van der Waals surface area contributed by atoms with Crippen LogP contribution < -0.4 is 9.62 Å². The van der Waals surface area contributed by atoms with Crippen molar-refractivity contribution in [2.45, 2.75) is 59.5 Å². The Morgan fingerprint density at radius 2 is 1.57 bits per heavy atom. The van der Waals surface area contributed by atoms with Crippen LogP contribution in [0.4, 0.5) is 5.69 Å². The molecule has 0 aromatic heterocycles. The number of nitrogens with one attached hydrogen (secondary N) is 1. The summed E-state index contributed by atoms with van der Waals surface area (Å²) in [5.41, 5.74) is 1.72. The minimum absolute atomic E-state index is 0.0267. The van der Waals surface area contributed by atoms with Gasteiger partial charge in [0.2, 0.25) is 21.8 Å². The fraction of sp³-hybridized carbons (Fsp3) is 0.481. The molecule has 1 N–H and O–H groups in total. The Kier molecular flexibility index (Phi) is 11.3. The van der Waals surface area contributed by atoms with Gasteiger partial charge in [-0.05, 0) is 42.0 Å². The Morgan fingerprint density at radius 3 is 2.08 bits per heavy atom. The molecule has 0 bridgehead atoms. The number of hydrogen-bond acceptors (Lipinski definition) is 4. The molecule has 2 aromatic carbocycles. The third-order valence-corrected chi connectivity index (χ3v) is 7.80. The maximum absolute atomic E-state index is 13.9. The van der Waals surface area contributed by atoms with Crippen LogP contribution in [0.3, 0.4) is 0 Å². The lowest BCUT2D eigenvalue weighted by Gasteiger charge is -2.34. The highest BCUT2D eigenvalue weighted by Gasteiger charge is 2.33. The molecule has 0 heterocycles. The molecule has 0 spiro atoms. The minimum Gasteiger partial charge on any atom is -0.354 e. The number of halogens is 2. The predicted octanol–water partition coefficient (Wildman–Crippen LogP) is 5.46. The number of sulfonamides is 1. The van der Waals surface area contributed by atoms with E-state index in [9.17, 15) is 18.0 Å². The molecule has 2 aromatic rings. The second-order valence-corrected chi connectivity index (χ2v) is 12.5. The van der Waals surface area contributed by atoms with E-state index in [0.29, 0.717) is 34.3 Å². The number of para-hydroxylation sites is 1. The van der Waals surface area contributed by atoms with Gasteiger partial charge in [-0.25, -0.2) is 8.42 Å². The monoisotopic (exact) mass is 569 g/mol. The SMILES string of the molecule is CC[C@@H](C(=O)NCC(C)C)N(Cc1c(Cl)cccc1Cl)C(=O)CN(c1ccccc1C(C)C)S(C)(=O)=O. The summed E-state index contributed by atoms with van der Waals surface area (Å²) >= 11 is 12.8. The Morgan fingerprint density at radius 1 is 0.973 bits per heavy atom. The van der Waals surface area contributed by atoms with Crippen LogP contribution in [0.2, 0.25) is 10.0 Å². The highest BCUT2D eigenvalue weighted by atomic mass is 35.5. The molecule has 0 saturated heterocycles. The second-order valence-electron chi connectivity index (χ2n) is 9.77. The summed E-state index contributed by atoms with van der Waals surface area (Å²) in [6.45, 7) is 9.59. The second kappa shape index (κ2) is 13.5. The first kappa shape index (κ1) is 30.9. The number of nitrogens with zero attached hydrogens (tertiary/aromatic N) is 2. The van der Waals surface area contributed by atoms with Crippen molar-refractivity contribution in [2.75, 3.05) is 23.7 Å². The maximum atomic E-state index is 13.9. The largest absolute Gasteiger partial charge is 0.354 e. The molecule has 0 aliphatic carbocycles. The molecule has 0 aliphatic rings. The lowest BCUT2D eigenvalue weighted by Crippen LogP contribution is -2.52. The van der Waals surface area contributed by atoms with Gasteiger partial charge in [0.25, 0.3) is 0 Å². The van der Waals surface area contributed by atoms with Gasteiger partial charge >= 0.3 is 0 Å². The molecular formula is C27H37Cl2N3O4S. The van der Waals surface area contributed by atoms with Gasteiger partial charge in [-0.15, -0.1) is 0 Å². The van der Waals surface area contributed by atoms with Crippen molar-refractivity contribution in [2.24, 2.45) is 5.92 Å². The lowest BCUT2D eigenvalue weighted by atomic mass is 10.0. The Bertz CT molecular complexity index is 1180. The van der Waals surface area contributed by atoms with Crippen molar-refractivity contribution in [3.8, 4) is 0 Å². The number of carbonyl (C=O) groups excluding carboxylic acids is 2. The van der Waals surface area contributed by atoms with Crippen molar-refractivity contribution < 1.29 is 18.0 Å². The third-order valence-electron chi connectivity index (χ3n) is 5.97. The van der Waals surface area contributed by atoms with Gasteiger partial charge in [-0.3, -0.25) is 13.9 Å². The predicted molar refractivity (Wildman–Crippen MR) is 152 cm³/mol. The van der Waals surface area contributed by atoms with Crippen LogP contribution in [0, 0.1) is 5.92 Å². The average Bonchev–Trinajstić information content (AvgIpc) is 2.81. The minimum atomic E-state index is -3.83. The van der Waals surface area contributed by atoms with E-state index in [1.54, 1.807) is 37.3 Å². The maximum Gasteiger partial charge on any atom is 0.244 e. The van der Waals surface area contributed by atoms with Gasteiger partial charge in [0.1, 0.15) is 12.6 Å². The molecule has 2 rings (SSSR count). The van der Waals surface area contributed by atoms with E-state index < -0.39 is 28.5 Å². The molecule has 1 atom stereocenters. The first-order valence-electron chi connectivity index (χ1n) is 12.3. The fourth-order valence-electron chi connectivity index (χ4n) is 3.99. The van der Waals surface area contributed by atoms with Crippen LogP contribution >= 0.6 is 23.2 Å². The lowest BCUT2D eigenvalue weighted by molar-refractivity contribution is -0.140. The molecule has 0 saturated carbocycles. The van der Waals surface area contributed by atoms with Gasteiger partial charge in [0.15, 0.2) is 0 Å². The summed E-state index contributed by atoms with van der Waals surface area (Å²) in [6.07, 6.45) is 1.39. The van der Waals surface area contributed by atoms with Gasteiger partial charge in [-0.2, -0.15) is 0 Å². The van der Waals surface area contributed by atoms with Gasteiger partial charge in [0.05, 0.1) is 11.9 Å². The number of rotatable bonds is 12. The first-order chi connectivity index (χ1) is 17.3. The summed E-state index contributed by atoms with van der Waals surface area (Å²) < 4.78 is 26.9. The highest BCUT2D eigenvalue weighted by molar-refractivity contribution is 7.92. The van der Waals surface area contributed by atoms with Crippen LogP contribution in [0.15, 0.2) is 42.5 Å². The van der Waals surface area contributed by atoms with Crippen molar-refractivity contribution in [3.05, 3.63) is 63.6 Å². The third kappa shape index (κ3) is 8.35. The molecule has 10 heteroatoms. The fourth-order valence-corrected chi connectivity index (χ4v) is 5.38. The normalized spacial score (nSPS) is 12.5. The van der Waals surface area contributed by atoms with Crippen LogP contribution in [0.25, 0.3) is 0 Å². The zero-order chi connectivity index (χ0) is 27.9. The molecule has 0 radical (unpaired) electrons. The number of benzene rings is 2. The smallest absolute Gasteiger partial charge is 0.244 e. The number of amides is 2. The van der Waals surface area contributed by atoms with E-state index in [0.717, 1.165) is 16.1 Å². The number of carbonyl (C=O) groups is 2. The Hall–Kier alpha value is -2.29. The standard InChI is InChI=1S/C27H37Cl2N3O4S/c1-7-24(27(34)30-15-18(2)3)31(16-21-22(28)12-10-13-23(21)29)26(33)17-32(37(6,35)36)25-14-9-8-11-20(25)19(4)5/h8-14,18-19,24H,7,15-17H2,1-6H3,(H,30,34)/t24-/m0/s1. The van der Waals surface area contributed by atoms with E-state index in [-0.39, 0.29) is 24.3 Å². The molecule has 204 valence electrons. The first-order valence-corrected chi connectivity index (χ1v) is 14.9. The van der Waals surface area contributed by atoms with Crippen LogP contribution in [0.5, 0.6) is 0 Å². The number of anilines is 1. The zero-order valence-electron chi connectivity index (χ0n) is 22.3. The molecule has 2 amide bonds. The van der Waals surface area contributed by atoms with Crippen LogP contribution in [-0.4, -0.2) is 50.5 Å². The summed E-state index contributed by atoms with van der Waals surface area (Å²) in [5.74, 6) is -0.608. The van der Waals surface area contributed by atoms with E-state index in [1.807, 2.05) is 39.8 Å². The average molecular weight is 571 g/mol. The summed E-state index contributed by atoms with van der Waals surface area (Å²) in [5, 5.41) is 3.60. The molecule has 37 heavy (non-hydrogen) atoms.